The minimum atomic E-state index is -1.04. The van der Waals surface area contributed by atoms with Gasteiger partial charge in [0.15, 0.2) is 0 Å². The standard InChI is InChI=1S/C17H21N3O4/c1-2-13-15-12(18-10-19-15)8-14(16(21)22)20(13)17(23)24-9-11-6-4-3-5-7-11/h4,6-7,10,13-14H,2-3,5,8-9H2,1H3,(H,18,19)(H,21,22)/t13-,14-/m0/s1. The Bertz CT molecular complexity index is 692. The van der Waals surface area contributed by atoms with Gasteiger partial charge >= 0.3 is 12.1 Å². The fourth-order valence-corrected chi connectivity index (χ4v) is 3.27. The Morgan fingerprint density at radius 1 is 1.46 bits per heavy atom. The minimum absolute atomic E-state index is 0.155. The second-order valence-corrected chi connectivity index (χ2v) is 5.97. The number of aromatic amines is 1. The van der Waals surface area contributed by atoms with Gasteiger partial charge in [0.05, 0.1) is 18.1 Å². The minimum Gasteiger partial charge on any atom is -0.480 e. The van der Waals surface area contributed by atoms with Crippen LogP contribution in [0.3, 0.4) is 0 Å². The number of H-pyrrole nitrogens is 1. The summed E-state index contributed by atoms with van der Waals surface area (Å²) in [7, 11) is 0. The van der Waals surface area contributed by atoms with E-state index in [2.05, 4.69) is 9.97 Å². The molecular formula is C17H21N3O4. The van der Waals surface area contributed by atoms with Gasteiger partial charge < -0.3 is 14.8 Å². The van der Waals surface area contributed by atoms with Gasteiger partial charge in [-0.05, 0) is 24.8 Å². The summed E-state index contributed by atoms with van der Waals surface area (Å²) >= 11 is 0. The lowest BCUT2D eigenvalue weighted by Crippen LogP contribution is -2.51. The highest BCUT2D eigenvalue weighted by Gasteiger charge is 2.42. The second kappa shape index (κ2) is 6.90. The Morgan fingerprint density at radius 3 is 2.96 bits per heavy atom. The number of hydrogen-bond acceptors (Lipinski definition) is 4. The van der Waals surface area contributed by atoms with Crippen LogP contribution in [0.1, 0.15) is 43.6 Å². The van der Waals surface area contributed by atoms with Crippen molar-refractivity contribution in [3.63, 3.8) is 0 Å². The van der Waals surface area contributed by atoms with E-state index in [-0.39, 0.29) is 13.0 Å². The molecule has 7 nitrogen and oxygen atoms in total. The number of nitrogens with zero attached hydrogens (tertiary/aromatic N) is 2. The van der Waals surface area contributed by atoms with Gasteiger partial charge in [0.1, 0.15) is 12.6 Å². The highest BCUT2D eigenvalue weighted by atomic mass is 16.6. The number of rotatable bonds is 4. The van der Waals surface area contributed by atoms with Crippen molar-refractivity contribution in [1.82, 2.24) is 14.9 Å². The van der Waals surface area contributed by atoms with Crippen molar-refractivity contribution >= 4 is 12.1 Å². The molecule has 1 aromatic heterocycles. The van der Waals surface area contributed by atoms with Crippen LogP contribution in [0.5, 0.6) is 0 Å². The fraction of sp³-hybridized carbons (Fsp3) is 0.471. The molecule has 1 amide bonds. The molecule has 1 aliphatic heterocycles. The fourth-order valence-electron chi connectivity index (χ4n) is 3.27. The predicted octanol–water partition coefficient (Wildman–Crippen LogP) is 2.59. The summed E-state index contributed by atoms with van der Waals surface area (Å²) in [6, 6.07) is -1.35. The molecule has 2 aliphatic rings. The number of imidazole rings is 1. The first-order chi connectivity index (χ1) is 11.6. The van der Waals surface area contributed by atoms with Crippen LogP contribution >= 0.6 is 0 Å². The van der Waals surface area contributed by atoms with Crippen LogP contribution in [0.2, 0.25) is 0 Å². The second-order valence-electron chi connectivity index (χ2n) is 5.97. The normalized spacial score (nSPS) is 22.7. The highest BCUT2D eigenvalue weighted by molar-refractivity contribution is 5.81. The monoisotopic (exact) mass is 331 g/mol. The molecule has 0 spiro atoms. The Morgan fingerprint density at radius 2 is 2.29 bits per heavy atom. The molecule has 2 heterocycles. The van der Waals surface area contributed by atoms with E-state index in [1.165, 1.54) is 4.90 Å². The number of aromatic nitrogens is 2. The van der Waals surface area contributed by atoms with Crippen molar-refractivity contribution in [1.29, 1.82) is 0 Å². The molecule has 128 valence electrons. The van der Waals surface area contributed by atoms with E-state index in [9.17, 15) is 14.7 Å². The van der Waals surface area contributed by atoms with Crippen molar-refractivity contribution in [3.8, 4) is 0 Å². The third-order valence-corrected chi connectivity index (χ3v) is 4.45. The summed E-state index contributed by atoms with van der Waals surface area (Å²) < 4.78 is 5.39. The van der Waals surface area contributed by atoms with Crippen LogP contribution in [0.4, 0.5) is 4.79 Å². The molecule has 0 unspecified atom stereocenters. The summed E-state index contributed by atoms with van der Waals surface area (Å²) in [5, 5.41) is 9.54. The third kappa shape index (κ3) is 3.06. The Kier molecular flexibility index (Phi) is 4.69. The largest absolute Gasteiger partial charge is 0.480 e. The van der Waals surface area contributed by atoms with Crippen LogP contribution < -0.4 is 0 Å². The zero-order chi connectivity index (χ0) is 17.1. The molecule has 1 aliphatic carbocycles. The van der Waals surface area contributed by atoms with E-state index in [0.29, 0.717) is 6.42 Å². The quantitative estimate of drug-likeness (QED) is 0.884. The molecule has 0 saturated carbocycles. The Hall–Kier alpha value is -2.57. The molecule has 0 saturated heterocycles. The van der Waals surface area contributed by atoms with Crippen molar-refractivity contribution in [2.75, 3.05) is 6.61 Å². The van der Waals surface area contributed by atoms with Crippen LogP contribution in [-0.2, 0) is 16.0 Å². The topological polar surface area (TPSA) is 95.5 Å². The van der Waals surface area contributed by atoms with Gasteiger partial charge in [0, 0.05) is 12.1 Å². The van der Waals surface area contributed by atoms with Crippen LogP contribution in [-0.4, -0.2) is 44.7 Å². The number of ether oxygens (including phenoxy) is 1. The lowest BCUT2D eigenvalue weighted by atomic mass is 9.95. The number of amides is 1. The molecule has 2 atom stereocenters. The van der Waals surface area contributed by atoms with Crippen LogP contribution in [0.15, 0.2) is 30.1 Å². The third-order valence-electron chi connectivity index (χ3n) is 4.45. The first-order valence-electron chi connectivity index (χ1n) is 8.17. The van der Waals surface area contributed by atoms with Gasteiger partial charge in [0.25, 0.3) is 0 Å². The molecule has 0 radical (unpaired) electrons. The highest BCUT2D eigenvalue weighted by Crippen LogP contribution is 2.34. The van der Waals surface area contributed by atoms with Crippen molar-refractivity contribution < 1.29 is 19.4 Å². The molecule has 7 heteroatoms. The van der Waals surface area contributed by atoms with E-state index in [1.54, 1.807) is 6.33 Å². The summed E-state index contributed by atoms with van der Waals surface area (Å²) in [6.07, 6.45) is 9.63. The molecule has 24 heavy (non-hydrogen) atoms. The molecule has 1 aromatic rings. The molecule has 0 aromatic carbocycles. The van der Waals surface area contributed by atoms with E-state index >= 15 is 0 Å². The van der Waals surface area contributed by atoms with E-state index in [0.717, 1.165) is 29.8 Å². The van der Waals surface area contributed by atoms with Gasteiger partial charge in [-0.3, -0.25) is 4.90 Å². The number of carbonyl (C=O) groups excluding carboxylic acids is 1. The maximum absolute atomic E-state index is 12.6. The van der Waals surface area contributed by atoms with E-state index < -0.39 is 24.1 Å². The first-order valence-corrected chi connectivity index (χ1v) is 8.17. The van der Waals surface area contributed by atoms with Gasteiger partial charge in [-0.15, -0.1) is 0 Å². The summed E-state index contributed by atoms with van der Waals surface area (Å²) in [6.45, 7) is 2.06. The molecule has 2 N–H and O–H groups in total. The smallest absolute Gasteiger partial charge is 0.411 e. The SMILES string of the molecule is CC[C@H]1c2nc[nH]c2C[C@@H](C(=O)O)N1C(=O)OCC1=CCCC=C1. The average molecular weight is 331 g/mol. The van der Waals surface area contributed by atoms with E-state index in [1.807, 2.05) is 25.2 Å². The zero-order valence-electron chi connectivity index (χ0n) is 13.6. The number of carboxylic acid groups (broad SMARTS) is 1. The zero-order valence-corrected chi connectivity index (χ0v) is 13.6. The number of carbonyl (C=O) groups is 2. The van der Waals surface area contributed by atoms with Gasteiger partial charge in [-0.2, -0.15) is 0 Å². The first kappa shape index (κ1) is 16.3. The van der Waals surface area contributed by atoms with E-state index in [4.69, 9.17) is 4.74 Å². The Labute approximate surface area is 140 Å². The molecule has 3 rings (SSSR count). The lowest BCUT2D eigenvalue weighted by Gasteiger charge is -2.38. The number of nitrogens with one attached hydrogen (secondary N) is 1. The van der Waals surface area contributed by atoms with Crippen molar-refractivity contribution in [2.24, 2.45) is 0 Å². The maximum Gasteiger partial charge on any atom is 0.411 e. The maximum atomic E-state index is 12.6. The number of carboxylic acids is 1. The van der Waals surface area contributed by atoms with Gasteiger partial charge in [-0.25, -0.2) is 14.6 Å². The molecular weight excluding hydrogens is 310 g/mol. The number of hydrogen-bond donors (Lipinski definition) is 2. The van der Waals surface area contributed by atoms with Crippen molar-refractivity contribution in [2.45, 2.75) is 44.7 Å². The number of fused-ring (bicyclic) bond motifs is 1. The van der Waals surface area contributed by atoms with Crippen molar-refractivity contribution in [3.05, 3.63) is 41.5 Å². The summed E-state index contributed by atoms with van der Waals surface area (Å²) in [4.78, 5) is 32.8. The van der Waals surface area contributed by atoms with Crippen LogP contribution in [0, 0.1) is 0 Å². The van der Waals surface area contributed by atoms with Gasteiger partial charge in [0.2, 0.25) is 0 Å². The predicted molar refractivity (Wildman–Crippen MR) is 86.4 cm³/mol. The number of aliphatic carboxylic acids is 1. The lowest BCUT2D eigenvalue weighted by molar-refractivity contribution is -0.144. The molecule has 0 bridgehead atoms. The summed E-state index contributed by atoms with van der Waals surface area (Å²) in [5.41, 5.74) is 2.44. The molecule has 0 fully saturated rings. The Balaban J connectivity index is 1.79. The van der Waals surface area contributed by atoms with Gasteiger partial charge in [-0.1, -0.05) is 25.2 Å². The summed E-state index contributed by atoms with van der Waals surface area (Å²) in [5.74, 6) is -1.04. The number of allylic oxidation sites excluding steroid dienone is 2. The average Bonchev–Trinajstić information content (AvgIpc) is 3.07. The van der Waals surface area contributed by atoms with Crippen LogP contribution in [0.25, 0.3) is 0 Å².